The fraction of sp³-hybridized carbons (Fsp3) is 0.235. The normalized spacial score (nSPS) is 10.2. The Balaban J connectivity index is 2.15. The van der Waals surface area contributed by atoms with Gasteiger partial charge in [0.1, 0.15) is 5.75 Å². The summed E-state index contributed by atoms with van der Waals surface area (Å²) in [5.41, 5.74) is 9.94. The van der Waals surface area contributed by atoms with E-state index in [0.29, 0.717) is 12.1 Å². The molecular weight excluding hydrogens is 264 g/mol. The molecule has 4 heteroatoms. The second-order valence-corrected chi connectivity index (χ2v) is 5.00. The molecule has 0 bridgehead atoms. The minimum Gasteiger partial charge on any atom is -0.496 e. The maximum absolute atomic E-state index is 11.3. The lowest BCUT2D eigenvalue weighted by atomic mass is 10.1. The summed E-state index contributed by atoms with van der Waals surface area (Å²) in [5, 5.41) is 3.34. The van der Waals surface area contributed by atoms with Gasteiger partial charge in [0.25, 0.3) is 0 Å². The van der Waals surface area contributed by atoms with Crippen LogP contribution in [0.15, 0.2) is 36.4 Å². The molecular formula is C17H20N2O2. The fourth-order valence-electron chi connectivity index (χ4n) is 2.34. The van der Waals surface area contributed by atoms with E-state index >= 15 is 0 Å². The number of nitrogens with two attached hydrogens (primary N) is 1. The van der Waals surface area contributed by atoms with Gasteiger partial charge in [0.05, 0.1) is 7.11 Å². The predicted octanol–water partition coefficient (Wildman–Crippen LogP) is 3.02. The number of ether oxygens (including phenoxy) is 1. The first-order valence-corrected chi connectivity index (χ1v) is 6.79. The van der Waals surface area contributed by atoms with E-state index in [4.69, 9.17) is 10.5 Å². The van der Waals surface area contributed by atoms with Gasteiger partial charge in [0.15, 0.2) is 0 Å². The molecule has 0 radical (unpaired) electrons. The number of aryl methyl sites for hydroxylation is 1. The molecule has 0 unspecified atom stereocenters. The van der Waals surface area contributed by atoms with Crippen molar-refractivity contribution in [3.05, 3.63) is 58.7 Å². The van der Waals surface area contributed by atoms with Crippen molar-refractivity contribution in [1.29, 1.82) is 0 Å². The predicted molar refractivity (Wildman–Crippen MR) is 84.8 cm³/mol. The molecule has 0 aromatic heterocycles. The second kappa shape index (κ2) is 6.31. The van der Waals surface area contributed by atoms with Gasteiger partial charge in [-0.15, -0.1) is 0 Å². The molecule has 2 aromatic rings. The first kappa shape index (κ1) is 14.9. The maximum atomic E-state index is 11.3. The Morgan fingerprint density at radius 3 is 2.62 bits per heavy atom. The van der Waals surface area contributed by atoms with Crippen LogP contribution in [0.25, 0.3) is 0 Å². The van der Waals surface area contributed by atoms with E-state index in [1.165, 1.54) is 0 Å². The topological polar surface area (TPSA) is 64.3 Å². The number of rotatable bonds is 5. The highest BCUT2D eigenvalue weighted by molar-refractivity contribution is 5.95. The molecule has 21 heavy (non-hydrogen) atoms. The third-order valence-corrected chi connectivity index (χ3v) is 3.54. The van der Waals surface area contributed by atoms with Crippen molar-refractivity contribution in [1.82, 2.24) is 0 Å². The summed E-state index contributed by atoms with van der Waals surface area (Å²) >= 11 is 0. The van der Waals surface area contributed by atoms with Gasteiger partial charge >= 0.3 is 0 Å². The first-order chi connectivity index (χ1) is 10.0. The van der Waals surface area contributed by atoms with Crippen LogP contribution in [-0.4, -0.2) is 13.0 Å². The molecule has 0 heterocycles. The first-order valence-electron chi connectivity index (χ1n) is 6.79. The van der Waals surface area contributed by atoms with Gasteiger partial charge in [-0.3, -0.25) is 4.79 Å². The molecule has 0 spiro atoms. The Morgan fingerprint density at radius 2 is 2.00 bits per heavy atom. The molecule has 0 aliphatic heterocycles. The van der Waals surface area contributed by atoms with Crippen LogP contribution in [0, 0.1) is 13.8 Å². The largest absolute Gasteiger partial charge is 0.496 e. The average Bonchev–Trinajstić information content (AvgIpc) is 2.46. The Bertz CT molecular complexity index is 666. The van der Waals surface area contributed by atoms with Gasteiger partial charge in [-0.1, -0.05) is 18.2 Å². The highest BCUT2D eigenvalue weighted by Gasteiger charge is 2.08. The summed E-state index contributed by atoms with van der Waals surface area (Å²) in [5.74, 6) is 0.474. The molecule has 2 aromatic carbocycles. The van der Waals surface area contributed by atoms with Crippen LogP contribution >= 0.6 is 0 Å². The highest BCUT2D eigenvalue weighted by atomic mass is 16.5. The molecule has 4 nitrogen and oxygen atoms in total. The zero-order valence-corrected chi connectivity index (χ0v) is 12.6. The number of carbonyl (C=O) groups is 1. The molecule has 0 atom stereocenters. The lowest BCUT2D eigenvalue weighted by Gasteiger charge is -2.13. The van der Waals surface area contributed by atoms with Gasteiger partial charge < -0.3 is 15.8 Å². The zero-order chi connectivity index (χ0) is 15.4. The van der Waals surface area contributed by atoms with Crippen LogP contribution in [0.3, 0.4) is 0 Å². The monoisotopic (exact) mass is 284 g/mol. The number of primary amides is 1. The fourth-order valence-corrected chi connectivity index (χ4v) is 2.34. The number of carbonyl (C=O) groups excluding carboxylic acids is 1. The van der Waals surface area contributed by atoms with Crippen molar-refractivity contribution in [3.8, 4) is 5.75 Å². The molecule has 110 valence electrons. The third kappa shape index (κ3) is 3.34. The summed E-state index contributed by atoms with van der Waals surface area (Å²) in [6.07, 6.45) is 0. The molecule has 0 fully saturated rings. The molecule has 0 aliphatic rings. The number of hydrogen-bond donors (Lipinski definition) is 2. The Morgan fingerprint density at radius 1 is 1.24 bits per heavy atom. The van der Waals surface area contributed by atoms with Crippen molar-refractivity contribution < 1.29 is 9.53 Å². The summed E-state index contributed by atoms with van der Waals surface area (Å²) in [7, 11) is 1.67. The highest BCUT2D eigenvalue weighted by Crippen LogP contribution is 2.22. The van der Waals surface area contributed by atoms with E-state index in [-0.39, 0.29) is 0 Å². The minimum absolute atomic E-state index is 0.406. The average molecular weight is 284 g/mol. The van der Waals surface area contributed by atoms with Gasteiger partial charge in [-0.05, 0) is 48.7 Å². The SMILES string of the molecule is COc1ccc(CNc2cccc(C(N)=O)c2C)cc1C. The van der Waals surface area contributed by atoms with E-state index in [9.17, 15) is 4.79 Å². The van der Waals surface area contributed by atoms with Crippen molar-refractivity contribution in [2.75, 3.05) is 12.4 Å². The molecule has 3 N–H and O–H groups in total. The van der Waals surface area contributed by atoms with Crippen LogP contribution < -0.4 is 15.8 Å². The van der Waals surface area contributed by atoms with Crippen LogP contribution in [-0.2, 0) is 6.54 Å². The summed E-state index contributed by atoms with van der Waals surface area (Å²) in [6.45, 7) is 4.58. The van der Waals surface area contributed by atoms with Gasteiger partial charge in [0, 0.05) is 17.8 Å². The Kier molecular flexibility index (Phi) is 4.48. The van der Waals surface area contributed by atoms with Crippen LogP contribution in [0.4, 0.5) is 5.69 Å². The molecule has 2 rings (SSSR count). The van der Waals surface area contributed by atoms with Crippen molar-refractivity contribution >= 4 is 11.6 Å². The Hall–Kier alpha value is -2.49. The van der Waals surface area contributed by atoms with Crippen LogP contribution in [0.2, 0.25) is 0 Å². The van der Waals surface area contributed by atoms with E-state index in [0.717, 1.165) is 28.1 Å². The van der Waals surface area contributed by atoms with E-state index < -0.39 is 5.91 Å². The third-order valence-electron chi connectivity index (χ3n) is 3.54. The smallest absolute Gasteiger partial charge is 0.249 e. The molecule has 0 saturated carbocycles. The number of hydrogen-bond acceptors (Lipinski definition) is 3. The number of amides is 1. The van der Waals surface area contributed by atoms with Crippen LogP contribution in [0.5, 0.6) is 5.75 Å². The van der Waals surface area contributed by atoms with Gasteiger partial charge in [-0.2, -0.15) is 0 Å². The van der Waals surface area contributed by atoms with Gasteiger partial charge in [0.2, 0.25) is 5.91 Å². The van der Waals surface area contributed by atoms with E-state index in [1.807, 2.05) is 38.1 Å². The quantitative estimate of drug-likeness (QED) is 0.887. The lowest BCUT2D eigenvalue weighted by Crippen LogP contribution is -2.13. The molecule has 1 amide bonds. The number of nitrogens with one attached hydrogen (secondary N) is 1. The maximum Gasteiger partial charge on any atom is 0.249 e. The lowest BCUT2D eigenvalue weighted by molar-refractivity contribution is 0.1000. The standard InChI is InChI=1S/C17H20N2O2/c1-11-9-13(7-8-16(11)21-3)10-19-15-6-4-5-14(12(15)2)17(18)20/h4-9,19H,10H2,1-3H3,(H2,18,20). The number of benzene rings is 2. The summed E-state index contributed by atoms with van der Waals surface area (Å²) in [6, 6.07) is 11.6. The summed E-state index contributed by atoms with van der Waals surface area (Å²) in [4.78, 5) is 11.3. The zero-order valence-electron chi connectivity index (χ0n) is 12.6. The molecule has 0 aliphatic carbocycles. The molecule has 0 saturated heterocycles. The van der Waals surface area contributed by atoms with Crippen molar-refractivity contribution in [3.63, 3.8) is 0 Å². The van der Waals surface area contributed by atoms with E-state index in [1.54, 1.807) is 13.2 Å². The number of anilines is 1. The van der Waals surface area contributed by atoms with Crippen molar-refractivity contribution in [2.24, 2.45) is 5.73 Å². The van der Waals surface area contributed by atoms with E-state index in [2.05, 4.69) is 11.4 Å². The Labute approximate surface area is 124 Å². The second-order valence-electron chi connectivity index (χ2n) is 5.00. The minimum atomic E-state index is -0.406. The number of methoxy groups -OCH3 is 1. The summed E-state index contributed by atoms with van der Waals surface area (Å²) < 4.78 is 5.25. The van der Waals surface area contributed by atoms with Crippen molar-refractivity contribution in [2.45, 2.75) is 20.4 Å². The van der Waals surface area contributed by atoms with Crippen LogP contribution in [0.1, 0.15) is 27.0 Å². The van der Waals surface area contributed by atoms with Gasteiger partial charge in [-0.25, -0.2) is 0 Å².